The maximum atomic E-state index is 13.3. The SMILES string of the molecule is CCN(C(=O)c1ccccc1-c1cnn(C)c1)C(C)COc1ccc(C(F)(F)F)cn1. The molecule has 0 spiro atoms. The summed E-state index contributed by atoms with van der Waals surface area (Å²) in [6.45, 7) is 4.20. The number of ether oxygens (including phenoxy) is 1. The molecule has 1 unspecified atom stereocenters. The second kappa shape index (κ2) is 9.20. The highest BCUT2D eigenvalue weighted by Gasteiger charge is 2.31. The summed E-state index contributed by atoms with van der Waals surface area (Å²) in [5, 5.41) is 4.17. The van der Waals surface area contributed by atoms with Crippen molar-refractivity contribution in [2.45, 2.75) is 26.1 Å². The summed E-state index contributed by atoms with van der Waals surface area (Å²) in [5.74, 6) is -0.0995. The molecule has 2 heterocycles. The first kappa shape index (κ1) is 22.3. The monoisotopic (exact) mass is 432 g/mol. The molecule has 1 aromatic carbocycles. The van der Waals surface area contributed by atoms with Gasteiger partial charge in [0.05, 0.1) is 17.8 Å². The van der Waals surface area contributed by atoms with E-state index in [2.05, 4.69) is 10.1 Å². The van der Waals surface area contributed by atoms with Gasteiger partial charge in [-0.2, -0.15) is 18.3 Å². The van der Waals surface area contributed by atoms with Crippen LogP contribution in [-0.4, -0.2) is 44.8 Å². The summed E-state index contributed by atoms with van der Waals surface area (Å²) in [7, 11) is 1.81. The van der Waals surface area contributed by atoms with Crippen molar-refractivity contribution in [3.8, 4) is 17.0 Å². The number of likely N-dealkylation sites (N-methyl/N-ethyl adjacent to an activating group) is 1. The molecule has 164 valence electrons. The van der Waals surface area contributed by atoms with Crippen LogP contribution >= 0.6 is 0 Å². The number of amides is 1. The van der Waals surface area contributed by atoms with Gasteiger partial charge in [0.15, 0.2) is 0 Å². The van der Waals surface area contributed by atoms with Gasteiger partial charge in [0, 0.05) is 43.2 Å². The molecular formula is C22H23F3N4O2. The molecule has 1 atom stereocenters. The van der Waals surface area contributed by atoms with Crippen molar-refractivity contribution < 1.29 is 22.7 Å². The van der Waals surface area contributed by atoms with Gasteiger partial charge >= 0.3 is 6.18 Å². The van der Waals surface area contributed by atoms with Gasteiger partial charge in [0.2, 0.25) is 5.88 Å². The van der Waals surface area contributed by atoms with E-state index in [-0.39, 0.29) is 24.4 Å². The van der Waals surface area contributed by atoms with E-state index in [1.54, 1.807) is 35.0 Å². The van der Waals surface area contributed by atoms with Crippen LogP contribution in [0.1, 0.15) is 29.8 Å². The molecule has 0 N–H and O–H groups in total. The minimum atomic E-state index is -4.45. The molecule has 0 radical (unpaired) electrons. The molecule has 0 bridgehead atoms. The van der Waals surface area contributed by atoms with E-state index in [1.165, 1.54) is 6.07 Å². The predicted octanol–water partition coefficient (Wildman–Crippen LogP) is 4.43. The van der Waals surface area contributed by atoms with Crippen molar-refractivity contribution in [1.82, 2.24) is 19.7 Å². The lowest BCUT2D eigenvalue weighted by Gasteiger charge is -2.28. The average molecular weight is 432 g/mol. The molecule has 3 rings (SSSR count). The summed E-state index contributed by atoms with van der Waals surface area (Å²) in [6, 6.07) is 9.05. The van der Waals surface area contributed by atoms with Crippen molar-refractivity contribution >= 4 is 5.91 Å². The van der Waals surface area contributed by atoms with E-state index in [0.717, 1.165) is 23.4 Å². The highest BCUT2D eigenvalue weighted by molar-refractivity contribution is 6.00. The lowest BCUT2D eigenvalue weighted by Crippen LogP contribution is -2.42. The first-order valence-corrected chi connectivity index (χ1v) is 9.75. The Bertz CT molecular complexity index is 1030. The number of nitrogens with zero attached hydrogens (tertiary/aromatic N) is 4. The Hall–Kier alpha value is -3.36. The molecule has 0 saturated carbocycles. The van der Waals surface area contributed by atoms with Crippen LogP contribution < -0.4 is 4.74 Å². The first-order chi connectivity index (χ1) is 14.7. The molecule has 6 nitrogen and oxygen atoms in total. The second-order valence-electron chi connectivity index (χ2n) is 7.08. The van der Waals surface area contributed by atoms with Gasteiger partial charge in [-0.25, -0.2) is 4.98 Å². The van der Waals surface area contributed by atoms with Gasteiger partial charge in [-0.05, 0) is 31.5 Å². The van der Waals surface area contributed by atoms with E-state index >= 15 is 0 Å². The van der Waals surface area contributed by atoms with Crippen molar-refractivity contribution in [3.05, 3.63) is 66.1 Å². The Morgan fingerprint density at radius 3 is 2.52 bits per heavy atom. The van der Waals surface area contributed by atoms with Crippen molar-refractivity contribution in [2.24, 2.45) is 7.05 Å². The van der Waals surface area contributed by atoms with Crippen LogP contribution in [0.5, 0.6) is 5.88 Å². The van der Waals surface area contributed by atoms with Crippen LogP contribution in [0.2, 0.25) is 0 Å². The van der Waals surface area contributed by atoms with Crippen molar-refractivity contribution in [2.75, 3.05) is 13.2 Å². The smallest absolute Gasteiger partial charge is 0.417 e. The number of carbonyl (C=O) groups is 1. The summed E-state index contributed by atoms with van der Waals surface area (Å²) >= 11 is 0. The van der Waals surface area contributed by atoms with E-state index in [9.17, 15) is 18.0 Å². The largest absolute Gasteiger partial charge is 0.475 e. The van der Waals surface area contributed by atoms with Gasteiger partial charge in [0.25, 0.3) is 5.91 Å². The Labute approximate surface area is 178 Å². The highest BCUT2D eigenvalue weighted by Crippen LogP contribution is 2.29. The van der Waals surface area contributed by atoms with Crippen LogP contribution in [0.15, 0.2) is 55.0 Å². The number of carbonyl (C=O) groups excluding carboxylic acids is 1. The molecule has 3 aromatic rings. The van der Waals surface area contributed by atoms with Gasteiger partial charge < -0.3 is 9.64 Å². The van der Waals surface area contributed by atoms with Crippen LogP contribution in [0.3, 0.4) is 0 Å². The number of rotatable bonds is 7. The number of alkyl halides is 3. The number of aryl methyl sites for hydroxylation is 1. The Balaban J connectivity index is 1.72. The van der Waals surface area contributed by atoms with Crippen LogP contribution in [0, 0.1) is 0 Å². The van der Waals surface area contributed by atoms with Gasteiger partial charge in [-0.15, -0.1) is 0 Å². The molecule has 0 fully saturated rings. The summed E-state index contributed by atoms with van der Waals surface area (Å²) < 4.78 is 45.2. The molecule has 0 saturated heterocycles. The third-order valence-electron chi connectivity index (χ3n) is 4.84. The van der Waals surface area contributed by atoms with E-state index in [0.29, 0.717) is 12.1 Å². The molecule has 9 heteroatoms. The zero-order chi connectivity index (χ0) is 22.6. The molecule has 31 heavy (non-hydrogen) atoms. The number of halogens is 3. The van der Waals surface area contributed by atoms with E-state index < -0.39 is 11.7 Å². The number of pyridine rings is 1. The minimum absolute atomic E-state index is 0.0686. The highest BCUT2D eigenvalue weighted by atomic mass is 19.4. The fourth-order valence-electron chi connectivity index (χ4n) is 3.22. The molecule has 2 aromatic heterocycles. The maximum Gasteiger partial charge on any atom is 0.417 e. The second-order valence-corrected chi connectivity index (χ2v) is 7.08. The summed E-state index contributed by atoms with van der Waals surface area (Å²) in [6.07, 6.45) is -0.185. The first-order valence-electron chi connectivity index (χ1n) is 9.75. The van der Waals surface area contributed by atoms with Crippen molar-refractivity contribution in [3.63, 3.8) is 0 Å². The zero-order valence-corrected chi connectivity index (χ0v) is 17.4. The fourth-order valence-corrected chi connectivity index (χ4v) is 3.22. The predicted molar refractivity (Wildman–Crippen MR) is 110 cm³/mol. The summed E-state index contributed by atoms with van der Waals surface area (Å²) in [5.41, 5.74) is 1.30. The Kier molecular flexibility index (Phi) is 6.62. The Morgan fingerprint density at radius 2 is 1.94 bits per heavy atom. The molecule has 0 aliphatic rings. The van der Waals surface area contributed by atoms with Gasteiger partial charge in [-0.1, -0.05) is 18.2 Å². The fraction of sp³-hybridized carbons (Fsp3) is 0.318. The summed E-state index contributed by atoms with van der Waals surface area (Å²) in [4.78, 5) is 18.6. The third kappa shape index (κ3) is 5.22. The van der Waals surface area contributed by atoms with Crippen LogP contribution in [-0.2, 0) is 13.2 Å². The van der Waals surface area contributed by atoms with Gasteiger partial charge in [-0.3, -0.25) is 9.48 Å². The molecule has 0 aliphatic heterocycles. The van der Waals surface area contributed by atoms with E-state index in [4.69, 9.17) is 4.74 Å². The molecule has 0 aliphatic carbocycles. The standard InChI is InChI=1S/C22H23F3N4O2/c1-4-29(15(2)14-31-20-10-9-17(12-26-20)22(23,24)25)21(30)19-8-6-5-7-18(19)16-11-27-28(3)13-16/h5-13,15H,4,14H2,1-3H3. The maximum absolute atomic E-state index is 13.3. The average Bonchev–Trinajstić information content (AvgIpc) is 3.18. The van der Waals surface area contributed by atoms with Crippen molar-refractivity contribution in [1.29, 1.82) is 0 Å². The zero-order valence-electron chi connectivity index (χ0n) is 17.4. The number of hydrogen-bond acceptors (Lipinski definition) is 4. The lowest BCUT2D eigenvalue weighted by atomic mass is 10.0. The number of hydrogen-bond donors (Lipinski definition) is 0. The molecule has 1 amide bonds. The van der Waals surface area contributed by atoms with E-state index in [1.807, 2.05) is 32.2 Å². The number of benzene rings is 1. The number of aromatic nitrogens is 3. The lowest BCUT2D eigenvalue weighted by molar-refractivity contribution is -0.137. The molecular weight excluding hydrogens is 409 g/mol. The Morgan fingerprint density at radius 1 is 1.19 bits per heavy atom. The normalized spacial score (nSPS) is 12.5. The quantitative estimate of drug-likeness (QED) is 0.554. The van der Waals surface area contributed by atoms with Crippen LogP contribution in [0.4, 0.5) is 13.2 Å². The van der Waals surface area contributed by atoms with Gasteiger partial charge in [0.1, 0.15) is 6.61 Å². The third-order valence-corrected chi connectivity index (χ3v) is 4.84. The minimum Gasteiger partial charge on any atom is -0.475 e. The topological polar surface area (TPSA) is 60.2 Å². The van der Waals surface area contributed by atoms with Crippen LogP contribution in [0.25, 0.3) is 11.1 Å².